The van der Waals surface area contributed by atoms with Crippen molar-refractivity contribution >= 4 is 5.91 Å². The summed E-state index contributed by atoms with van der Waals surface area (Å²) in [6.07, 6.45) is 2.26. The van der Waals surface area contributed by atoms with Gasteiger partial charge >= 0.3 is 0 Å². The molecule has 3 nitrogen and oxygen atoms in total. The predicted molar refractivity (Wildman–Crippen MR) is 86.3 cm³/mol. The zero-order valence-electron chi connectivity index (χ0n) is 12.6. The summed E-state index contributed by atoms with van der Waals surface area (Å²) in [6, 6.07) is 16.8. The third kappa shape index (κ3) is 2.64. The van der Waals surface area contributed by atoms with E-state index in [-0.39, 0.29) is 5.91 Å². The molecule has 2 aliphatic rings. The number of rotatable bonds is 4. The van der Waals surface area contributed by atoms with Crippen LogP contribution in [0.4, 0.5) is 0 Å². The van der Waals surface area contributed by atoms with Crippen LogP contribution >= 0.6 is 0 Å². The van der Waals surface area contributed by atoms with Crippen molar-refractivity contribution < 1.29 is 4.79 Å². The smallest absolute Gasteiger partial charge is 0.254 e. The zero-order valence-corrected chi connectivity index (χ0v) is 12.6. The quantitative estimate of drug-likeness (QED) is 0.939. The standard InChI is InChI=1S/C19H20N2O/c22-19(15-6-7-16-11-20-12-17(16)10-15)21(18-8-9-18)13-14-4-2-1-3-5-14/h1-7,10,18,20H,8-9,11-13H2. The molecule has 0 spiro atoms. The molecule has 0 radical (unpaired) electrons. The average molecular weight is 292 g/mol. The predicted octanol–water partition coefficient (Wildman–Crippen LogP) is 3.09. The summed E-state index contributed by atoms with van der Waals surface area (Å²) in [5, 5.41) is 3.33. The van der Waals surface area contributed by atoms with Crippen LogP contribution < -0.4 is 5.32 Å². The molecule has 0 atom stereocenters. The maximum Gasteiger partial charge on any atom is 0.254 e. The number of fused-ring (bicyclic) bond motifs is 1. The molecule has 1 amide bonds. The topological polar surface area (TPSA) is 32.3 Å². The van der Waals surface area contributed by atoms with Gasteiger partial charge in [0.1, 0.15) is 0 Å². The van der Waals surface area contributed by atoms with E-state index in [0.717, 1.165) is 31.5 Å². The number of nitrogens with one attached hydrogen (secondary N) is 1. The van der Waals surface area contributed by atoms with Gasteiger partial charge in [-0.3, -0.25) is 4.79 Å². The zero-order chi connectivity index (χ0) is 14.9. The Morgan fingerprint density at radius 1 is 1.05 bits per heavy atom. The molecule has 0 saturated heterocycles. The fraction of sp³-hybridized carbons (Fsp3) is 0.316. The van der Waals surface area contributed by atoms with Gasteiger partial charge in [-0.15, -0.1) is 0 Å². The molecule has 0 unspecified atom stereocenters. The van der Waals surface area contributed by atoms with E-state index in [1.807, 2.05) is 29.2 Å². The van der Waals surface area contributed by atoms with Crippen molar-refractivity contribution in [3.63, 3.8) is 0 Å². The first-order valence-electron chi connectivity index (χ1n) is 7.99. The van der Waals surface area contributed by atoms with Crippen LogP contribution in [0.5, 0.6) is 0 Å². The minimum atomic E-state index is 0.168. The van der Waals surface area contributed by atoms with E-state index in [9.17, 15) is 4.79 Å². The molecule has 1 heterocycles. The molecular weight excluding hydrogens is 272 g/mol. The number of carbonyl (C=O) groups is 1. The summed E-state index contributed by atoms with van der Waals surface area (Å²) in [6.45, 7) is 2.50. The molecule has 1 aliphatic heterocycles. The fourth-order valence-corrected chi connectivity index (χ4v) is 3.13. The van der Waals surface area contributed by atoms with E-state index < -0.39 is 0 Å². The first-order valence-corrected chi connectivity index (χ1v) is 7.99. The van der Waals surface area contributed by atoms with Crippen LogP contribution in [0, 0.1) is 0 Å². The van der Waals surface area contributed by atoms with Gasteiger partial charge in [0.15, 0.2) is 0 Å². The van der Waals surface area contributed by atoms with Crippen LogP contribution in [-0.4, -0.2) is 16.8 Å². The molecule has 0 bridgehead atoms. The van der Waals surface area contributed by atoms with Crippen LogP contribution in [0.15, 0.2) is 48.5 Å². The largest absolute Gasteiger partial charge is 0.331 e. The van der Waals surface area contributed by atoms with E-state index in [1.54, 1.807) is 0 Å². The third-order valence-corrected chi connectivity index (χ3v) is 4.53. The Bertz CT molecular complexity index is 692. The van der Waals surface area contributed by atoms with Crippen LogP contribution in [0.2, 0.25) is 0 Å². The summed E-state index contributed by atoms with van der Waals surface area (Å²) in [5.74, 6) is 0.168. The lowest BCUT2D eigenvalue weighted by molar-refractivity contribution is 0.0730. The SMILES string of the molecule is O=C(c1ccc2c(c1)CNC2)N(Cc1ccccc1)C1CC1. The van der Waals surface area contributed by atoms with Crippen molar-refractivity contribution in [1.29, 1.82) is 0 Å². The molecule has 0 aromatic heterocycles. The Morgan fingerprint density at radius 2 is 1.82 bits per heavy atom. The van der Waals surface area contributed by atoms with Crippen molar-refractivity contribution in [3.05, 3.63) is 70.8 Å². The summed E-state index contributed by atoms with van der Waals surface area (Å²) in [4.78, 5) is 15.0. The monoisotopic (exact) mass is 292 g/mol. The Labute approximate surface area is 131 Å². The molecule has 2 aromatic carbocycles. The lowest BCUT2D eigenvalue weighted by Crippen LogP contribution is -2.32. The van der Waals surface area contributed by atoms with Crippen molar-refractivity contribution in [2.45, 2.75) is 38.5 Å². The van der Waals surface area contributed by atoms with Gasteiger partial charge < -0.3 is 10.2 Å². The second-order valence-corrected chi connectivity index (χ2v) is 6.24. The maximum absolute atomic E-state index is 12.9. The number of carbonyl (C=O) groups excluding carboxylic acids is 1. The number of nitrogens with zero attached hydrogens (tertiary/aromatic N) is 1. The molecule has 1 fully saturated rings. The van der Waals surface area contributed by atoms with E-state index in [1.165, 1.54) is 16.7 Å². The molecular formula is C19H20N2O. The van der Waals surface area contributed by atoms with E-state index in [2.05, 4.69) is 29.6 Å². The highest BCUT2D eigenvalue weighted by atomic mass is 16.2. The Balaban J connectivity index is 1.58. The highest BCUT2D eigenvalue weighted by Gasteiger charge is 2.33. The van der Waals surface area contributed by atoms with Crippen molar-refractivity contribution in [1.82, 2.24) is 10.2 Å². The maximum atomic E-state index is 12.9. The van der Waals surface area contributed by atoms with Gasteiger partial charge in [-0.2, -0.15) is 0 Å². The second-order valence-electron chi connectivity index (χ2n) is 6.24. The highest BCUT2D eigenvalue weighted by Crippen LogP contribution is 2.30. The highest BCUT2D eigenvalue weighted by molar-refractivity contribution is 5.95. The van der Waals surface area contributed by atoms with Crippen molar-refractivity contribution in [2.75, 3.05) is 0 Å². The van der Waals surface area contributed by atoms with E-state index in [4.69, 9.17) is 0 Å². The molecule has 1 aliphatic carbocycles. The van der Waals surface area contributed by atoms with E-state index in [0.29, 0.717) is 12.6 Å². The summed E-state index contributed by atoms with van der Waals surface area (Å²) >= 11 is 0. The molecule has 1 saturated carbocycles. The van der Waals surface area contributed by atoms with Crippen LogP contribution in [0.25, 0.3) is 0 Å². The lowest BCUT2D eigenvalue weighted by atomic mass is 10.1. The van der Waals surface area contributed by atoms with Gasteiger partial charge in [-0.05, 0) is 41.7 Å². The first kappa shape index (κ1) is 13.5. The minimum absolute atomic E-state index is 0.168. The van der Waals surface area contributed by atoms with Gasteiger partial charge in [0.25, 0.3) is 5.91 Å². The van der Waals surface area contributed by atoms with Crippen LogP contribution in [0.3, 0.4) is 0 Å². The number of hydrogen-bond donors (Lipinski definition) is 1. The van der Waals surface area contributed by atoms with E-state index >= 15 is 0 Å². The van der Waals surface area contributed by atoms with Gasteiger partial charge in [-0.1, -0.05) is 36.4 Å². The molecule has 112 valence electrons. The van der Waals surface area contributed by atoms with Crippen molar-refractivity contribution in [3.8, 4) is 0 Å². The minimum Gasteiger partial charge on any atom is -0.331 e. The fourth-order valence-electron chi connectivity index (χ4n) is 3.13. The Kier molecular flexibility index (Phi) is 3.43. The first-order chi connectivity index (χ1) is 10.8. The summed E-state index contributed by atoms with van der Waals surface area (Å²) in [5.41, 5.74) is 4.61. The van der Waals surface area contributed by atoms with Gasteiger partial charge in [0, 0.05) is 31.2 Å². The van der Waals surface area contributed by atoms with Crippen LogP contribution in [-0.2, 0) is 19.6 Å². The summed E-state index contributed by atoms with van der Waals surface area (Å²) < 4.78 is 0. The molecule has 4 rings (SSSR count). The molecule has 1 N–H and O–H groups in total. The third-order valence-electron chi connectivity index (χ3n) is 4.53. The molecule has 3 heteroatoms. The van der Waals surface area contributed by atoms with Crippen LogP contribution in [0.1, 0.15) is 39.9 Å². The van der Waals surface area contributed by atoms with Gasteiger partial charge in [0.05, 0.1) is 0 Å². The lowest BCUT2D eigenvalue weighted by Gasteiger charge is -2.23. The Morgan fingerprint density at radius 3 is 2.59 bits per heavy atom. The number of hydrogen-bond acceptors (Lipinski definition) is 2. The second kappa shape index (κ2) is 5.58. The summed E-state index contributed by atoms with van der Waals surface area (Å²) in [7, 11) is 0. The Hall–Kier alpha value is -2.13. The van der Waals surface area contributed by atoms with Crippen molar-refractivity contribution in [2.24, 2.45) is 0 Å². The number of benzene rings is 2. The van der Waals surface area contributed by atoms with Gasteiger partial charge in [-0.25, -0.2) is 0 Å². The number of amides is 1. The van der Waals surface area contributed by atoms with Gasteiger partial charge in [0.2, 0.25) is 0 Å². The average Bonchev–Trinajstić information content (AvgIpc) is 3.29. The molecule has 22 heavy (non-hydrogen) atoms. The molecule has 2 aromatic rings. The normalized spacial score (nSPS) is 16.4.